The van der Waals surface area contributed by atoms with Gasteiger partial charge in [0.1, 0.15) is 5.82 Å². The molecule has 0 N–H and O–H groups in total. The highest BCUT2D eigenvalue weighted by molar-refractivity contribution is 6.23. The molecule has 0 aliphatic rings. The number of aryl methyl sites for hydroxylation is 1. The second kappa shape index (κ2) is 8.93. The van der Waals surface area contributed by atoms with Crippen molar-refractivity contribution in [1.29, 1.82) is 0 Å². The molecule has 8 rings (SSSR count). The van der Waals surface area contributed by atoms with E-state index in [9.17, 15) is 0 Å². The van der Waals surface area contributed by atoms with Gasteiger partial charge in [-0.3, -0.25) is 0 Å². The Morgan fingerprint density at radius 3 is 1.52 bits per heavy atom. The number of hydrogen-bond donors (Lipinski definition) is 0. The molecule has 40 heavy (non-hydrogen) atoms. The standard InChI is InChI=1S/C38H26N2/c1-40-37-21-20-27(22-36(37)39-38(40)26-14-6-3-7-15-26)33-24-35-30-18-10-8-16-28(30)32(25-12-4-2-5-13-25)23-34(35)31-19-11-9-17-29(31)33/h2-24H,1H3. The van der Waals surface area contributed by atoms with E-state index in [2.05, 4.69) is 145 Å². The van der Waals surface area contributed by atoms with Crippen molar-refractivity contribution in [3.63, 3.8) is 0 Å². The van der Waals surface area contributed by atoms with Gasteiger partial charge in [-0.1, -0.05) is 115 Å². The molecule has 0 fully saturated rings. The number of fused-ring (bicyclic) bond motifs is 6. The third kappa shape index (κ3) is 3.47. The first kappa shape index (κ1) is 22.7. The molecule has 188 valence electrons. The van der Waals surface area contributed by atoms with Crippen molar-refractivity contribution in [2.75, 3.05) is 0 Å². The molecule has 0 unspecified atom stereocenters. The van der Waals surface area contributed by atoms with Gasteiger partial charge in [-0.05, 0) is 78.8 Å². The van der Waals surface area contributed by atoms with Crippen LogP contribution < -0.4 is 0 Å². The monoisotopic (exact) mass is 510 g/mol. The van der Waals surface area contributed by atoms with E-state index in [0.29, 0.717) is 0 Å². The molecule has 0 amide bonds. The average Bonchev–Trinajstić information content (AvgIpc) is 3.36. The van der Waals surface area contributed by atoms with Crippen LogP contribution in [0.25, 0.3) is 77.0 Å². The molecular weight excluding hydrogens is 484 g/mol. The second-order valence-electron chi connectivity index (χ2n) is 10.5. The molecule has 0 atom stereocenters. The van der Waals surface area contributed by atoms with Gasteiger partial charge in [0.2, 0.25) is 0 Å². The molecular formula is C38H26N2. The fraction of sp³-hybridized carbons (Fsp3) is 0.0263. The Balaban J connectivity index is 1.41. The largest absolute Gasteiger partial charge is 0.327 e. The van der Waals surface area contributed by atoms with Gasteiger partial charge < -0.3 is 4.57 Å². The minimum absolute atomic E-state index is 0.982. The van der Waals surface area contributed by atoms with Crippen molar-refractivity contribution >= 4 is 43.4 Å². The van der Waals surface area contributed by atoms with E-state index in [1.54, 1.807) is 0 Å². The summed E-state index contributed by atoms with van der Waals surface area (Å²) in [6.45, 7) is 0. The number of benzene rings is 7. The predicted molar refractivity (Wildman–Crippen MR) is 170 cm³/mol. The molecule has 0 aliphatic heterocycles. The third-order valence-electron chi connectivity index (χ3n) is 8.19. The molecule has 2 nitrogen and oxygen atoms in total. The third-order valence-corrected chi connectivity index (χ3v) is 8.19. The Bertz CT molecular complexity index is 2210. The van der Waals surface area contributed by atoms with E-state index in [4.69, 9.17) is 4.98 Å². The summed E-state index contributed by atoms with van der Waals surface area (Å²) in [5.41, 5.74) is 8.18. The van der Waals surface area contributed by atoms with Crippen LogP contribution in [0.2, 0.25) is 0 Å². The van der Waals surface area contributed by atoms with Gasteiger partial charge in [-0.25, -0.2) is 4.98 Å². The summed E-state index contributed by atoms with van der Waals surface area (Å²) in [5.74, 6) is 0.982. The summed E-state index contributed by atoms with van der Waals surface area (Å²) in [6, 6.07) is 50.2. The minimum Gasteiger partial charge on any atom is -0.327 e. The Kier molecular flexibility index (Phi) is 5.08. The molecule has 0 saturated heterocycles. The minimum atomic E-state index is 0.982. The number of aromatic nitrogens is 2. The summed E-state index contributed by atoms with van der Waals surface area (Å²) in [7, 11) is 2.10. The zero-order valence-electron chi connectivity index (χ0n) is 22.2. The van der Waals surface area contributed by atoms with Gasteiger partial charge >= 0.3 is 0 Å². The highest BCUT2D eigenvalue weighted by Crippen LogP contribution is 2.42. The van der Waals surface area contributed by atoms with Crippen molar-refractivity contribution in [2.24, 2.45) is 7.05 Å². The van der Waals surface area contributed by atoms with Crippen LogP contribution in [-0.4, -0.2) is 9.55 Å². The zero-order valence-corrected chi connectivity index (χ0v) is 22.2. The van der Waals surface area contributed by atoms with E-state index in [1.807, 2.05) is 6.07 Å². The maximum absolute atomic E-state index is 5.07. The Hall–Kier alpha value is -5.21. The van der Waals surface area contributed by atoms with Crippen LogP contribution in [0.3, 0.4) is 0 Å². The highest BCUT2D eigenvalue weighted by Gasteiger charge is 2.16. The lowest BCUT2D eigenvalue weighted by molar-refractivity contribution is 0.959. The maximum Gasteiger partial charge on any atom is 0.140 e. The molecule has 0 bridgehead atoms. The number of rotatable bonds is 3. The average molecular weight is 511 g/mol. The maximum atomic E-state index is 5.07. The lowest BCUT2D eigenvalue weighted by atomic mass is 9.88. The Morgan fingerprint density at radius 1 is 0.425 bits per heavy atom. The smallest absolute Gasteiger partial charge is 0.140 e. The molecule has 7 aromatic carbocycles. The summed E-state index contributed by atoms with van der Waals surface area (Å²) >= 11 is 0. The number of hydrogen-bond acceptors (Lipinski definition) is 1. The van der Waals surface area contributed by atoms with Crippen molar-refractivity contribution in [1.82, 2.24) is 9.55 Å². The summed E-state index contributed by atoms with van der Waals surface area (Å²) in [4.78, 5) is 5.07. The molecule has 1 aromatic heterocycles. The molecule has 2 heteroatoms. The van der Waals surface area contributed by atoms with Crippen LogP contribution in [-0.2, 0) is 7.05 Å². The number of imidazole rings is 1. The number of nitrogens with zero attached hydrogens (tertiary/aromatic N) is 2. The lowest BCUT2D eigenvalue weighted by Crippen LogP contribution is -1.92. The second-order valence-corrected chi connectivity index (χ2v) is 10.5. The topological polar surface area (TPSA) is 17.8 Å². The van der Waals surface area contributed by atoms with Crippen LogP contribution in [0.4, 0.5) is 0 Å². The fourth-order valence-electron chi connectivity index (χ4n) is 6.26. The first-order chi connectivity index (χ1) is 19.8. The molecule has 0 saturated carbocycles. The van der Waals surface area contributed by atoms with Gasteiger partial charge in [0.15, 0.2) is 0 Å². The van der Waals surface area contributed by atoms with Crippen LogP contribution in [0, 0.1) is 0 Å². The van der Waals surface area contributed by atoms with Gasteiger partial charge in [-0.15, -0.1) is 0 Å². The quantitative estimate of drug-likeness (QED) is 0.216. The molecule has 0 spiro atoms. The van der Waals surface area contributed by atoms with Crippen molar-refractivity contribution in [3.05, 3.63) is 140 Å². The highest BCUT2D eigenvalue weighted by atomic mass is 15.1. The summed E-state index contributed by atoms with van der Waals surface area (Å²) < 4.78 is 2.19. The van der Waals surface area contributed by atoms with Crippen LogP contribution >= 0.6 is 0 Å². The summed E-state index contributed by atoms with van der Waals surface area (Å²) in [6.07, 6.45) is 0. The zero-order chi connectivity index (χ0) is 26.6. The van der Waals surface area contributed by atoms with E-state index in [0.717, 1.165) is 22.4 Å². The van der Waals surface area contributed by atoms with Crippen molar-refractivity contribution < 1.29 is 0 Å². The Morgan fingerprint density at radius 2 is 0.925 bits per heavy atom. The first-order valence-electron chi connectivity index (χ1n) is 13.7. The van der Waals surface area contributed by atoms with Gasteiger partial charge in [0.05, 0.1) is 11.0 Å². The molecule has 0 aliphatic carbocycles. The van der Waals surface area contributed by atoms with E-state index >= 15 is 0 Å². The fourth-order valence-corrected chi connectivity index (χ4v) is 6.26. The van der Waals surface area contributed by atoms with E-state index in [-0.39, 0.29) is 0 Å². The van der Waals surface area contributed by atoms with Crippen molar-refractivity contribution in [3.8, 4) is 33.6 Å². The van der Waals surface area contributed by atoms with Gasteiger partial charge in [0, 0.05) is 12.6 Å². The molecule has 0 radical (unpaired) electrons. The predicted octanol–water partition coefficient (Wildman–Crippen LogP) is 10.0. The lowest BCUT2D eigenvalue weighted by Gasteiger charge is -2.16. The molecule has 1 heterocycles. The van der Waals surface area contributed by atoms with Crippen LogP contribution in [0.1, 0.15) is 0 Å². The summed E-state index contributed by atoms with van der Waals surface area (Å²) in [5, 5.41) is 7.62. The van der Waals surface area contributed by atoms with Gasteiger partial charge in [-0.2, -0.15) is 0 Å². The van der Waals surface area contributed by atoms with Gasteiger partial charge in [0.25, 0.3) is 0 Å². The SMILES string of the molecule is Cn1c(-c2ccccc2)nc2cc(-c3cc4c5ccccc5c(-c5ccccc5)cc4c4ccccc34)ccc21. The molecule has 8 aromatic rings. The van der Waals surface area contributed by atoms with E-state index < -0.39 is 0 Å². The van der Waals surface area contributed by atoms with Crippen molar-refractivity contribution in [2.45, 2.75) is 0 Å². The van der Waals surface area contributed by atoms with E-state index in [1.165, 1.54) is 54.6 Å². The van der Waals surface area contributed by atoms with Crippen LogP contribution in [0.15, 0.2) is 140 Å². The Labute approximate surface area is 232 Å². The van der Waals surface area contributed by atoms with Crippen LogP contribution in [0.5, 0.6) is 0 Å². The normalized spacial score (nSPS) is 11.6. The first-order valence-corrected chi connectivity index (χ1v) is 13.7.